The molecule has 28 heavy (non-hydrogen) atoms. The van der Waals surface area contributed by atoms with Gasteiger partial charge in [0.2, 0.25) is 0 Å². The van der Waals surface area contributed by atoms with Crippen molar-refractivity contribution in [3.05, 3.63) is 66.7 Å². The lowest BCUT2D eigenvalue weighted by Gasteiger charge is -2.36. The van der Waals surface area contributed by atoms with Gasteiger partial charge in [-0.25, -0.2) is 14.4 Å². The maximum atomic E-state index is 13.1. The van der Waals surface area contributed by atoms with E-state index in [-0.39, 0.29) is 5.82 Å². The molecule has 0 saturated carbocycles. The molecule has 4 rings (SSSR count). The van der Waals surface area contributed by atoms with Crippen LogP contribution in [0.2, 0.25) is 0 Å². The Balaban J connectivity index is 1.41. The fourth-order valence-corrected chi connectivity index (χ4v) is 3.28. The summed E-state index contributed by atoms with van der Waals surface area (Å²) in [7, 11) is 1.65. The third kappa shape index (κ3) is 4.14. The summed E-state index contributed by atoms with van der Waals surface area (Å²) in [5, 5.41) is 3.29. The highest BCUT2D eigenvalue weighted by molar-refractivity contribution is 5.61. The summed E-state index contributed by atoms with van der Waals surface area (Å²) >= 11 is 0. The van der Waals surface area contributed by atoms with Crippen LogP contribution in [-0.4, -0.2) is 43.3 Å². The van der Waals surface area contributed by atoms with Gasteiger partial charge in [-0.1, -0.05) is 6.07 Å². The second-order valence-corrected chi connectivity index (χ2v) is 6.57. The van der Waals surface area contributed by atoms with E-state index in [1.54, 1.807) is 13.4 Å². The van der Waals surface area contributed by atoms with E-state index in [1.165, 1.54) is 12.1 Å². The molecule has 0 unspecified atom stereocenters. The Hall–Kier alpha value is -3.35. The largest absolute Gasteiger partial charge is 0.497 e. The molecule has 1 aliphatic rings. The zero-order valence-electron chi connectivity index (χ0n) is 15.7. The molecular formula is C21H22FN5O. The Kier molecular flexibility index (Phi) is 5.23. The molecule has 7 heteroatoms. The Morgan fingerprint density at radius 2 is 1.68 bits per heavy atom. The summed E-state index contributed by atoms with van der Waals surface area (Å²) in [6.45, 7) is 3.39. The van der Waals surface area contributed by atoms with Crippen LogP contribution in [0.25, 0.3) is 0 Å². The predicted octanol–water partition coefficient (Wildman–Crippen LogP) is 3.69. The van der Waals surface area contributed by atoms with E-state index in [4.69, 9.17) is 4.74 Å². The van der Waals surface area contributed by atoms with Crippen LogP contribution in [0, 0.1) is 5.82 Å². The third-order valence-corrected chi connectivity index (χ3v) is 4.79. The van der Waals surface area contributed by atoms with Crippen LogP contribution in [0.3, 0.4) is 0 Å². The number of benzene rings is 2. The number of halogens is 1. The van der Waals surface area contributed by atoms with Crippen molar-refractivity contribution in [1.82, 2.24) is 9.97 Å². The fourth-order valence-electron chi connectivity index (χ4n) is 3.28. The first-order valence-corrected chi connectivity index (χ1v) is 9.20. The number of nitrogens with one attached hydrogen (secondary N) is 1. The van der Waals surface area contributed by atoms with Crippen molar-refractivity contribution in [2.24, 2.45) is 0 Å². The highest BCUT2D eigenvalue weighted by Crippen LogP contribution is 2.23. The molecule has 3 aromatic rings. The third-order valence-electron chi connectivity index (χ3n) is 4.79. The zero-order chi connectivity index (χ0) is 19.3. The van der Waals surface area contributed by atoms with E-state index < -0.39 is 0 Å². The summed E-state index contributed by atoms with van der Waals surface area (Å²) < 4.78 is 18.4. The van der Waals surface area contributed by atoms with Crippen molar-refractivity contribution in [2.75, 3.05) is 48.4 Å². The van der Waals surface area contributed by atoms with Gasteiger partial charge in [0.05, 0.1) is 7.11 Å². The van der Waals surface area contributed by atoms with Gasteiger partial charge in [-0.3, -0.25) is 0 Å². The Bertz CT molecular complexity index is 926. The van der Waals surface area contributed by atoms with Gasteiger partial charge in [0.15, 0.2) is 0 Å². The van der Waals surface area contributed by atoms with Gasteiger partial charge in [0.25, 0.3) is 0 Å². The van der Waals surface area contributed by atoms with Gasteiger partial charge in [0, 0.05) is 49.7 Å². The van der Waals surface area contributed by atoms with Crippen LogP contribution in [0.15, 0.2) is 60.9 Å². The van der Waals surface area contributed by atoms with Crippen LogP contribution in [0.1, 0.15) is 0 Å². The van der Waals surface area contributed by atoms with Crippen LogP contribution < -0.4 is 19.9 Å². The monoisotopic (exact) mass is 379 g/mol. The molecule has 0 aliphatic carbocycles. The molecule has 1 fully saturated rings. The maximum absolute atomic E-state index is 13.1. The average Bonchev–Trinajstić information content (AvgIpc) is 2.75. The minimum atomic E-state index is -0.209. The standard InChI is InChI=1S/C21H22FN5O/c1-28-19-4-2-3-17(13-19)25-20-14-21(24-15-23-20)27-11-9-26(10-12-27)18-7-5-16(22)6-8-18/h2-8,13-15H,9-12H2,1H3,(H,23,24,25). The SMILES string of the molecule is COc1cccc(Nc2cc(N3CCN(c4ccc(F)cc4)CC3)ncn2)c1. The van der Waals surface area contributed by atoms with Gasteiger partial charge in [-0.15, -0.1) is 0 Å². The van der Waals surface area contributed by atoms with Crippen molar-refractivity contribution in [3.8, 4) is 5.75 Å². The topological polar surface area (TPSA) is 53.5 Å². The van der Waals surface area contributed by atoms with Gasteiger partial charge < -0.3 is 19.9 Å². The van der Waals surface area contributed by atoms with Gasteiger partial charge in [-0.2, -0.15) is 0 Å². The van der Waals surface area contributed by atoms with Gasteiger partial charge >= 0.3 is 0 Å². The Morgan fingerprint density at radius 3 is 2.43 bits per heavy atom. The highest BCUT2D eigenvalue weighted by Gasteiger charge is 2.19. The Morgan fingerprint density at radius 1 is 0.929 bits per heavy atom. The minimum absolute atomic E-state index is 0.209. The van der Waals surface area contributed by atoms with E-state index in [1.807, 2.05) is 42.5 Å². The Labute approximate surface area is 163 Å². The number of hydrogen-bond acceptors (Lipinski definition) is 6. The number of nitrogens with zero attached hydrogens (tertiary/aromatic N) is 4. The molecule has 2 aromatic carbocycles. The first-order valence-electron chi connectivity index (χ1n) is 9.20. The lowest BCUT2D eigenvalue weighted by Crippen LogP contribution is -2.46. The summed E-state index contributed by atoms with van der Waals surface area (Å²) in [4.78, 5) is 13.2. The molecule has 1 saturated heterocycles. The van der Waals surface area contributed by atoms with Crippen molar-refractivity contribution < 1.29 is 9.13 Å². The lowest BCUT2D eigenvalue weighted by molar-refractivity contribution is 0.415. The number of methoxy groups -OCH3 is 1. The number of ether oxygens (including phenoxy) is 1. The minimum Gasteiger partial charge on any atom is -0.497 e. The molecule has 2 heterocycles. The van der Waals surface area contributed by atoms with E-state index in [0.717, 1.165) is 54.9 Å². The molecule has 0 atom stereocenters. The molecule has 0 spiro atoms. The van der Waals surface area contributed by atoms with Gasteiger partial charge in [-0.05, 0) is 36.4 Å². The van der Waals surface area contributed by atoms with Crippen LogP contribution in [0.5, 0.6) is 5.75 Å². The molecule has 0 bridgehead atoms. The molecule has 144 valence electrons. The average molecular weight is 379 g/mol. The van der Waals surface area contributed by atoms with E-state index in [9.17, 15) is 4.39 Å². The van der Waals surface area contributed by atoms with Crippen LogP contribution in [0.4, 0.5) is 27.4 Å². The molecule has 0 amide bonds. The van der Waals surface area contributed by atoms with Crippen molar-refractivity contribution >= 4 is 23.0 Å². The molecule has 1 aliphatic heterocycles. The first kappa shape index (κ1) is 18.0. The molecular weight excluding hydrogens is 357 g/mol. The summed E-state index contributed by atoms with van der Waals surface area (Å²) in [5.74, 6) is 2.20. The summed E-state index contributed by atoms with van der Waals surface area (Å²) in [5.41, 5.74) is 1.95. The zero-order valence-corrected chi connectivity index (χ0v) is 15.7. The van der Waals surface area contributed by atoms with Crippen molar-refractivity contribution in [2.45, 2.75) is 0 Å². The number of rotatable bonds is 5. The normalized spacial score (nSPS) is 14.1. The van der Waals surface area contributed by atoms with Crippen LogP contribution >= 0.6 is 0 Å². The summed E-state index contributed by atoms with van der Waals surface area (Å²) in [6, 6.07) is 16.3. The lowest BCUT2D eigenvalue weighted by atomic mass is 10.2. The summed E-state index contributed by atoms with van der Waals surface area (Å²) in [6.07, 6.45) is 1.57. The number of anilines is 4. The second kappa shape index (κ2) is 8.12. The predicted molar refractivity (Wildman–Crippen MR) is 109 cm³/mol. The van der Waals surface area contributed by atoms with Gasteiger partial charge in [0.1, 0.15) is 29.5 Å². The second-order valence-electron chi connectivity index (χ2n) is 6.57. The van der Waals surface area contributed by atoms with E-state index in [2.05, 4.69) is 25.1 Å². The van der Waals surface area contributed by atoms with Crippen molar-refractivity contribution in [1.29, 1.82) is 0 Å². The van der Waals surface area contributed by atoms with E-state index in [0.29, 0.717) is 0 Å². The maximum Gasteiger partial charge on any atom is 0.135 e. The fraction of sp³-hybridized carbons (Fsp3) is 0.238. The highest BCUT2D eigenvalue weighted by atomic mass is 19.1. The number of aromatic nitrogens is 2. The molecule has 6 nitrogen and oxygen atoms in total. The van der Waals surface area contributed by atoms with E-state index >= 15 is 0 Å². The molecule has 1 aromatic heterocycles. The molecule has 1 N–H and O–H groups in total. The van der Waals surface area contributed by atoms with Crippen molar-refractivity contribution in [3.63, 3.8) is 0 Å². The van der Waals surface area contributed by atoms with Crippen LogP contribution in [-0.2, 0) is 0 Å². The number of piperazine rings is 1. The molecule has 0 radical (unpaired) electrons. The smallest absolute Gasteiger partial charge is 0.135 e. The number of hydrogen-bond donors (Lipinski definition) is 1. The quantitative estimate of drug-likeness (QED) is 0.730. The first-order chi connectivity index (χ1) is 13.7.